The van der Waals surface area contributed by atoms with Crippen LogP contribution in [0.2, 0.25) is 0 Å². The largest absolute Gasteiger partial charge is 0.465 e. The molecule has 1 amide bonds. The highest BCUT2D eigenvalue weighted by Gasteiger charge is 2.73. The van der Waals surface area contributed by atoms with E-state index < -0.39 is 10.9 Å². The summed E-state index contributed by atoms with van der Waals surface area (Å²) in [6.45, 7) is 9.85. The number of carbonyl (C=O) groups is 1. The zero-order valence-electron chi connectivity index (χ0n) is 13.1. The lowest BCUT2D eigenvalue weighted by molar-refractivity contribution is -0.134. The first-order valence-corrected chi connectivity index (χ1v) is 8.99. The van der Waals surface area contributed by atoms with Crippen molar-refractivity contribution in [3.05, 3.63) is 12.2 Å². The molecule has 1 aliphatic heterocycles. The maximum atomic E-state index is 13.0. The van der Waals surface area contributed by atoms with E-state index in [0.717, 1.165) is 19.3 Å². The van der Waals surface area contributed by atoms with Gasteiger partial charge in [0, 0.05) is 0 Å². The average molecular weight is 388 g/mol. The minimum atomic E-state index is -0.938. The van der Waals surface area contributed by atoms with Gasteiger partial charge in [-0.05, 0) is 49.7 Å². The van der Waals surface area contributed by atoms with Crippen LogP contribution in [0.4, 0.5) is 0 Å². The molecule has 6 heteroatoms. The predicted octanol–water partition coefficient (Wildman–Crippen LogP) is 2.78. The van der Waals surface area contributed by atoms with Crippen LogP contribution in [-0.2, 0) is 9.53 Å². The lowest BCUT2D eigenvalue weighted by atomic mass is 9.74. The van der Waals surface area contributed by atoms with Gasteiger partial charge in [-0.25, -0.2) is 0 Å². The van der Waals surface area contributed by atoms with E-state index in [1.54, 1.807) is 11.8 Å². The number of halogens is 1. The van der Waals surface area contributed by atoms with Gasteiger partial charge in [-0.1, -0.05) is 41.9 Å². The van der Waals surface area contributed by atoms with E-state index >= 15 is 0 Å². The van der Waals surface area contributed by atoms with Crippen molar-refractivity contribution >= 4 is 39.2 Å². The molecule has 22 heavy (non-hydrogen) atoms. The van der Waals surface area contributed by atoms with Crippen molar-refractivity contribution in [2.75, 3.05) is 0 Å². The Bertz CT molecular complexity index is 564. The first-order chi connectivity index (χ1) is 10.1. The molecule has 0 radical (unpaired) electrons. The molecule has 0 aromatic heterocycles. The van der Waals surface area contributed by atoms with Crippen LogP contribution in [0.15, 0.2) is 12.2 Å². The first-order valence-electron chi connectivity index (χ1n) is 7.67. The van der Waals surface area contributed by atoms with E-state index in [1.165, 1.54) is 0 Å². The molecule has 3 aliphatic rings. The number of amides is 1. The summed E-state index contributed by atoms with van der Waals surface area (Å²) in [4.78, 5) is 13.9. The Labute approximate surface area is 145 Å². The van der Waals surface area contributed by atoms with E-state index in [-0.39, 0.29) is 28.1 Å². The highest BCUT2D eigenvalue weighted by molar-refractivity contribution is 9.10. The van der Waals surface area contributed by atoms with E-state index in [2.05, 4.69) is 36.4 Å². The van der Waals surface area contributed by atoms with Gasteiger partial charge >= 0.3 is 0 Å². The highest BCUT2D eigenvalue weighted by Crippen LogP contribution is 2.66. The molecule has 122 valence electrons. The van der Waals surface area contributed by atoms with Crippen molar-refractivity contribution in [1.82, 2.24) is 4.90 Å². The van der Waals surface area contributed by atoms with Crippen molar-refractivity contribution in [2.45, 2.75) is 62.6 Å². The molecule has 1 saturated heterocycles. The number of carbonyl (C=O) groups excluding carboxylic acids is 1. The lowest BCUT2D eigenvalue weighted by Gasteiger charge is -2.43. The van der Waals surface area contributed by atoms with Gasteiger partial charge < -0.3 is 9.84 Å². The average Bonchev–Trinajstić information content (AvgIpc) is 2.96. The number of aliphatic hydroxyl groups excluding tert-OH is 1. The maximum Gasteiger partial charge on any atom is 0.267 e. The van der Waals surface area contributed by atoms with Crippen LogP contribution in [0.5, 0.6) is 0 Å². The summed E-state index contributed by atoms with van der Waals surface area (Å²) >= 11 is 8.69. The third-order valence-electron chi connectivity index (χ3n) is 6.10. The van der Waals surface area contributed by atoms with Crippen LogP contribution in [0.25, 0.3) is 0 Å². The normalized spacial score (nSPS) is 37.7. The molecule has 1 N–H and O–H groups in total. The summed E-state index contributed by atoms with van der Waals surface area (Å²) in [5, 5.41) is 10.4. The zero-order chi connectivity index (χ0) is 16.4. The second kappa shape index (κ2) is 5.02. The smallest absolute Gasteiger partial charge is 0.267 e. The van der Waals surface area contributed by atoms with Crippen molar-refractivity contribution in [1.29, 1.82) is 0 Å². The van der Waals surface area contributed by atoms with Crippen LogP contribution in [0.3, 0.4) is 0 Å². The van der Waals surface area contributed by atoms with Crippen LogP contribution in [-0.4, -0.2) is 43.7 Å². The highest BCUT2D eigenvalue weighted by atomic mass is 79.9. The van der Waals surface area contributed by atoms with Crippen molar-refractivity contribution in [2.24, 2.45) is 11.3 Å². The molecule has 0 aromatic rings. The van der Waals surface area contributed by atoms with E-state index in [4.69, 9.17) is 17.0 Å². The Morgan fingerprint density at radius 2 is 2.23 bits per heavy atom. The number of hydrogen-bond donors (Lipinski definition) is 1. The van der Waals surface area contributed by atoms with Gasteiger partial charge in [0.2, 0.25) is 5.91 Å². The summed E-state index contributed by atoms with van der Waals surface area (Å²) in [5.41, 5.74) is 0.145. The second-order valence-corrected chi connectivity index (χ2v) is 8.69. The summed E-state index contributed by atoms with van der Waals surface area (Å²) in [6.07, 6.45) is 2.00. The molecule has 3 fully saturated rings. The van der Waals surface area contributed by atoms with E-state index in [9.17, 15) is 9.90 Å². The molecule has 2 bridgehead atoms. The molecular formula is C16H22BrNO3S. The Morgan fingerprint density at radius 3 is 2.77 bits per heavy atom. The van der Waals surface area contributed by atoms with Gasteiger partial charge in [-0.3, -0.25) is 9.69 Å². The molecule has 0 aromatic carbocycles. The monoisotopic (exact) mass is 387 g/mol. The molecule has 1 spiro atoms. The number of alkyl halides is 1. The predicted molar refractivity (Wildman–Crippen MR) is 91.7 cm³/mol. The van der Waals surface area contributed by atoms with Gasteiger partial charge in [0.15, 0.2) is 0 Å². The lowest BCUT2D eigenvalue weighted by Crippen LogP contribution is -2.59. The zero-order valence-corrected chi connectivity index (χ0v) is 15.5. The van der Waals surface area contributed by atoms with Gasteiger partial charge in [-0.2, -0.15) is 0 Å². The Balaban J connectivity index is 1.97. The topological polar surface area (TPSA) is 49.8 Å². The summed E-state index contributed by atoms with van der Waals surface area (Å²) < 4.78 is 5.88. The van der Waals surface area contributed by atoms with Gasteiger partial charge in [0.25, 0.3) is 5.17 Å². The molecular weight excluding hydrogens is 366 g/mol. The quantitative estimate of drug-likeness (QED) is 0.459. The fraction of sp³-hybridized carbons (Fsp3) is 0.750. The number of ether oxygens (including phenoxy) is 1. The Morgan fingerprint density at radius 1 is 1.59 bits per heavy atom. The van der Waals surface area contributed by atoms with Crippen molar-refractivity contribution in [3.63, 3.8) is 0 Å². The number of aliphatic hydroxyl groups is 1. The number of thiocarbonyl (C=S) groups is 1. The maximum absolute atomic E-state index is 13.0. The van der Waals surface area contributed by atoms with Crippen molar-refractivity contribution in [3.8, 4) is 0 Å². The van der Waals surface area contributed by atoms with Crippen LogP contribution < -0.4 is 0 Å². The molecule has 0 unspecified atom stereocenters. The first kappa shape index (κ1) is 16.4. The van der Waals surface area contributed by atoms with Crippen LogP contribution in [0, 0.1) is 11.3 Å². The van der Waals surface area contributed by atoms with E-state index in [1.807, 2.05) is 0 Å². The summed E-state index contributed by atoms with van der Waals surface area (Å²) in [7, 11) is 0. The number of rotatable bonds is 3. The molecule has 5 atom stereocenters. The molecule has 1 heterocycles. The SMILES string of the molecule is C=C(C)[C@H](O)[C@@H](Br)C(=O)N1C(=S)O[C@@H]2C[C@H]3CC[C@@]21C3(C)C. The number of nitrogens with zero attached hydrogens (tertiary/aromatic N) is 1. The molecule has 3 rings (SSSR count). The molecule has 4 nitrogen and oxygen atoms in total. The third-order valence-corrected chi connectivity index (χ3v) is 7.28. The fourth-order valence-corrected chi connectivity index (χ4v) is 5.72. The fourth-order valence-electron chi connectivity index (χ4n) is 4.69. The second-order valence-electron chi connectivity index (χ2n) is 7.36. The minimum Gasteiger partial charge on any atom is -0.465 e. The standard InChI is InChI=1S/C16H22BrNO3S/c1-8(2)12(19)11(17)13(20)18-14(22)21-10-7-9-5-6-16(10,18)15(9,3)4/h9-12,19H,1,5-7H2,2-4H3/t9-,10-,11-,12+,16+/m1/s1. The Hall–Kier alpha value is -0.460. The van der Waals surface area contributed by atoms with Crippen LogP contribution in [0.1, 0.15) is 40.0 Å². The summed E-state index contributed by atoms with van der Waals surface area (Å²) in [6, 6.07) is 0. The van der Waals surface area contributed by atoms with Gasteiger partial charge in [0.1, 0.15) is 10.9 Å². The number of fused-ring (bicyclic) bond motifs is 1. The molecule has 2 aliphatic carbocycles. The van der Waals surface area contributed by atoms with E-state index in [0.29, 0.717) is 11.5 Å². The minimum absolute atomic E-state index is 0.0145. The van der Waals surface area contributed by atoms with Crippen molar-refractivity contribution < 1.29 is 14.6 Å². The summed E-state index contributed by atoms with van der Waals surface area (Å²) in [5.74, 6) is 0.328. The van der Waals surface area contributed by atoms with Gasteiger partial charge in [0.05, 0.1) is 11.6 Å². The number of hydrogen-bond acceptors (Lipinski definition) is 4. The van der Waals surface area contributed by atoms with Gasteiger partial charge in [-0.15, -0.1) is 0 Å². The van der Waals surface area contributed by atoms with Crippen LogP contribution >= 0.6 is 28.1 Å². The Kier molecular flexibility index (Phi) is 3.74. The molecule has 2 saturated carbocycles. The third kappa shape index (κ3) is 1.83.